The summed E-state index contributed by atoms with van der Waals surface area (Å²) in [6, 6.07) is 0. The van der Waals surface area contributed by atoms with Crippen molar-refractivity contribution >= 4 is 5.97 Å². The molecule has 0 radical (unpaired) electrons. The Morgan fingerprint density at radius 2 is 1.96 bits per heavy atom. The molecular weight excluding hydrogens is 304 g/mol. The van der Waals surface area contributed by atoms with Gasteiger partial charge in [0, 0.05) is 6.42 Å². The van der Waals surface area contributed by atoms with Crippen LogP contribution in [0.5, 0.6) is 0 Å². The van der Waals surface area contributed by atoms with Crippen LogP contribution in [0, 0.1) is 28.6 Å². The van der Waals surface area contributed by atoms with Crippen LogP contribution < -0.4 is 0 Å². The van der Waals surface area contributed by atoms with E-state index in [0.717, 1.165) is 31.3 Å². The zero-order valence-electron chi connectivity index (χ0n) is 15.6. The third kappa shape index (κ3) is 3.41. The van der Waals surface area contributed by atoms with E-state index in [-0.39, 0.29) is 41.1 Å². The summed E-state index contributed by atoms with van der Waals surface area (Å²) < 4.78 is 0. The molecule has 138 valence electrons. The van der Waals surface area contributed by atoms with Crippen LogP contribution in [-0.2, 0) is 4.79 Å². The highest BCUT2D eigenvalue weighted by atomic mass is 16.4. The average molecular weight is 338 g/mol. The largest absolute Gasteiger partial charge is 0.481 e. The molecule has 2 aliphatic rings. The molecule has 0 spiro atoms. The van der Waals surface area contributed by atoms with Crippen molar-refractivity contribution in [3.63, 3.8) is 0 Å². The lowest BCUT2D eigenvalue weighted by Gasteiger charge is -2.60. The Hall–Kier alpha value is -0.870. The van der Waals surface area contributed by atoms with Crippen molar-refractivity contribution < 1.29 is 20.1 Å². The highest BCUT2D eigenvalue weighted by molar-refractivity contribution is 5.66. The van der Waals surface area contributed by atoms with E-state index >= 15 is 0 Å². The van der Waals surface area contributed by atoms with Crippen molar-refractivity contribution in [1.29, 1.82) is 0 Å². The van der Waals surface area contributed by atoms with Gasteiger partial charge in [-0.1, -0.05) is 34.3 Å². The van der Waals surface area contributed by atoms with E-state index in [0.29, 0.717) is 6.42 Å². The Morgan fingerprint density at radius 3 is 2.54 bits per heavy atom. The van der Waals surface area contributed by atoms with E-state index in [9.17, 15) is 15.0 Å². The molecule has 4 heteroatoms. The Morgan fingerprint density at radius 1 is 1.33 bits per heavy atom. The summed E-state index contributed by atoms with van der Waals surface area (Å²) in [6.45, 7) is 12.7. The van der Waals surface area contributed by atoms with Crippen LogP contribution in [-0.4, -0.2) is 33.5 Å². The molecule has 0 saturated heterocycles. The topological polar surface area (TPSA) is 77.8 Å². The van der Waals surface area contributed by atoms with Crippen LogP contribution >= 0.6 is 0 Å². The van der Waals surface area contributed by atoms with Crippen LogP contribution in [0.15, 0.2) is 12.2 Å². The number of hydrogen-bond acceptors (Lipinski definition) is 3. The molecule has 2 saturated carbocycles. The third-order valence-corrected chi connectivity index (χ3v) is 7.11. The SMILES string of the molecule is C=C1[C@H](O)C[C@H]2C(C)(C)[C@@H](O)CC[C@]2(C)[C@H]1CC[C@H](C)CC(=O)O. The Bertz CT molecular complexity index is 498. The molecule has 0 aromatic heterocycles. The normalized spacial score (nSPS) is 40.0. The minimum atomic E-state index is -0.754. The second-order valence-corrected chi connectivity index (χ2v) is 9.09. The van der Waals surface area contributed by atoms with Crippen molar-refractivity contribution in [2.45, 2.75) is 78.4 Å². The zero-order valence-corrected chi connectivity index (χ0v) is 15.6. The molecule has 6 atom stereocenters. The molecule has 0 aromatic rings. The maximum Gasteiger partial charge on any atom is 0.303 e. The van der Waals surface area contributed by atoms with Gasteiger partial charge in [0.25, 0.3) is 0 Å². The Kier molecular flexibility index (Phi) is 5.51. The highest BCUT2D eigenvalue weighted by Crippen LogP contribution is 2.61. The lowest BCUT2D eigenvalue weighted by atomic mass is 9.46. The van der Waals surface area contributed by atoms with E-state index in [1.54, 1.807) is 0 Å². The van der Waals surface area contributed by atoms with Gasteiger partial charge in [-0.3, -0.25) is 4.79 Å². The number of aliphatic hydroxyl groups is 2. The molecular formula is C20H34O4. The lowest BCUT2D eigenvalue weighted by molar-refractivity contribution is -0.142. The van der Waals surface area contributed by atoms with Gasteiger partial charge in [0.1, 0.15) is 0 Å². The molecule has 24 heavy (non-hydrogen) atoms. The summed E-state index contributed by atoms with van der Waals surface area (Å²) >= 11 is 0. The number of aliphatic carboxylic acids is 1. The van der Waals surface area contributed by atoms with Crippen LogP contribution in [0.2, 0.25) is 0 Å². The fourth-order valence-corrected chi connectivity index (χ4v) is 5.46. The van der Waals surface area contributed by atoms with E-state index < -0.39 is 12.1 Å². The molecule has 0 aromatic carbocycles. The number of carboxylic acid groups (broad SMARTS) is 1. The molecule has 3 N–H and O–H groups in total. The van der Waals surface area contributed by atoms with Gasteiger partial charge in [-0.25, -0.2) is 0 Å². The van der Waals surface area contributed by atoms with Crippen LogP contribution in [0.4, 0.5) is 0 Å². The van der Waals surface area contributed by atoms with Gasteiger partial charge in [-0.2, -0.15) is 0 Å². The number of carboxylic acids is 1. The molecule has 2 aliphatic carbocycles. The summed E-state index contributed by atoms with van der Waals surface area (Å²) in [7, 11) is 0. The van der Waals surface area contributed by atoms with Gasteiger partial charge in [-0.05, 0) is 66.3 Å². The van der Waals surface area contributed by atoms with E-state index in [4.69, 9.17) is 5.11 Å². The average Bonchev–Trinajstić information content (AvgIpc) is 2.46. The first kappa shape index (κ1) is 19.5. The third-order valence-electron chi connectivity index (χ3n) is 7.11. The quantitative estimate of drug-likeness (QED) is 0.669. The lowest BCUT2D eigenvalue weighted by Crippen LogP contribution is -2.57. The fraction of sp³-hybridized carbons (Fsp3) is 0.850. The number of hydrogen-bond donors (Lipinski definition) is 3. The van der Waals surface area contributed by atoms with Crippen molar-refractivity contribution in [3.8, 4) is 0 Å². The van der Waals surface area contributed by atoms with Crippen LogP contribution in [0.3, 0.4) is 0 Å². The van der Waals surface area contributed by atoms with Gasteiger partial charge in [0.15, 0.2) is 0 Å². The standard InChI is InChI=1S/C20H34O4/c1-12(10-18(23)24)6-7-14-13(2)15(21)11-16-19(3,4)17(22)8-9-20(14,16)5/h12,14-17,21-22H,2,6-11H2,1,3-5H3,(H,23,24)/t12-,14-,15+,16-,17-,20+/m0/s1. The van der Waals surface area contributed by atoms with Gasteiger partial charge in [0.2, 0.25) is 0 Å². The second-order valence-electron chi connectivity index (χ2n) is 9.09. The Labute approximate surface area is 146 Å². The maximum absolute atomic E-state index is 10.9. The number of carbonyl (C=O) groups is 1. The Balaban J connectivity index is 2.21. The molecule has 2 fully saturated rings. The predicted molar refractivity (Wildman–Crippen MR) is 94.5 cm³/mol. The molecule has 0 heterocycles. The van der Waals surface area contributed by atoms with E-state index in [1.807, 2.05) is 6.92 Å². The molecule has 0 bridgehead atoms. The minimum Gasteiger partial charge on any atom is -0.481 e. The molecule has 0 aliphatic heterocycles. The van der Waals surface area contributed by atoms with Gasteiger partial charge in [0.05, 0.1) is 12.2 Å². The van der Waals surface area contributed by atoms with Crippen molar-refractivity contribution in [3.05, 3.63) is 12.2 Å². The molecule has 4 nitrogen and oxygen atoms in total. The van der Waals surface area contributed by atoms with E-state index in [2.05, 4.69) is 27.4 Å². The fourth-order valence-electron chi connectivity index (χ4n) is 5.46. The monoisotopic (exact) mass is 338 g/mol. The van der Waals surface area contributed by atoms with Gasteiger partial charge < -0.3 is 15.3 Å². The van der Waals surface area contributed by atoms with Crippen molar-refractivity contribution in [2.24, 2.45) is 28.6 Å². The van der Waals surface area contributed by atoms with Crippen molar-refractivity contribution in [2.75, 3.05) is 0 Å². The minimum absolute atomic E-state index is 0.0159. The van der Waals surface area contributed by atoms with Crippen LogP contribution in [0.25, 0.3) is 0 Å². The summed E-state index contributed by atoms with van der Waals surface area (Å²) in [6.07, 6.45) is 3.41. The first-order chi connectivity index (χ1) is 11.0. The highest BCUT2D eigenvalue weighted by Gasteiger charge is 2.57. The smallest absolute Gasteiger partial charge is 0.303 e. The molecule has 0 amide bonds. The summed E-state index contributed by atoms with van der Waals surface area (Å²) in [5.41, 5.74) is 0.699. The zero-order chi connectivity index (χ0) is 18.3. The van der Waals surface area contributed by atoms with Gasteiger partial charge in [-0.15, -0.1) is 0 Å². The molecule has 2 rings (SSSR count). The van der Waals surface area contributed by atoms with E-state index in [1.165, 1.54) is 0 Å². The molecule has 0 unspecified atom stereocenters. The van der Waals surface area contributed by atoms with Crippen molar-refractivity contribution in [1.82, 2.24) is 0 Å². The first-order valence-corrected chi connectivity index (χ1v) is 9.26. The second kappa shape index (κ2) is 6.80. The first-order valence-electron chi connectivity index (χ1n) is 9.26. The van der Waals surface area contributed by atoms with Gasteiger partial charge >= 0.3 is 5.97 Å². The summed E-state index contributed by atoms with van der Waals surface area (Å²) in [5, 5.41) is 30.0. The maximum atomic E-state index is 10.9. The summed E-state index contributed by atoms with van der Waals surface area (Å²) in [4.78, 5) is 10.9. The summed E-state index contributed by atoms with van der Waals surface area (Å²) in [5.74, 6) is -0.196. The number of rotatable bonds is 5. The van der Waals surface area contributed by atoms with Crippen LogP contribution in [0.1, 0.15) is 66.2 Å². The predicted octanol–water partition coefficient (Wildman–Crippen LogP) is 3.62. The number of aliphatic hydroxyl groups excluding tert-OH is 2. The number of fused-ring (bicyclic) bond motifs is 1.